The van der Waals surface area contributed by atoms with Crippen LogP contribution < -0.4 is 31.4 Å². The van der Waals surface area contributed by atoms with E-state index in [1.54, 1.807) is 54.6 Å². The summed E-state index contributed by atoms with van der Waals surface area (Å²) in [6.45, 7) is 9.04. The van der Waals surface area contributed by atoms with Crippen molar-refractivity contribution in [1.29, 1.82) is 0 Å². The number of ether oxygens (including phenoxy) is 3. The van der Waals surface area contributed by atoms with E-state index in [1.807, 2.05) is 72.8 Å². The molecule has 83 heavy (non-hydrogen) atoms. The van der Waals surface area contributed by atoms with Gasteiger partial charge < -0.3 is 31.4 Å². The van der Waals surface area contributed by atoms with Crippen molar-refractivity contribution in [2.75, 3.05) is 135 Å². The molecule has 20 nitrogen and oxygen atoms in total. The van der Waals surface area contributed by atoms with Gasteiger partial charge in [0, 0.05) is 135 Å². The Hall–Kier alpha value is -8.66. The average molecular weight is 1120 g/mol. The van der Waals surface area contributed by atoms with Gasteiger partial charge in [-0.25, -0.2) is 0 Å². The molecule has 6 N–H and O–H groups in total. The number of hydrogen-bond donors (Lipinski definition) is 3. The van der Waals surface area contributed by atoms with E-state index in [9.17, 15) is 28.8 Å². The van der Waals surface area contributed by atoms with Gasteiger partial charge in [-0.15, -0.1) is 0 Å². The fraction of sp³-hybridized carbons (Fsp3) is 0.333. The summed E-state index contributed by atoms with van der Waals surface area (Å²) in [4.78, 5) is 98.1. The summed E-state index contributed by atoms with van der Waals surface area (Å²) in [6.07, 6.45) is 0. The second kappa shape index (κ2) is 25.2. The van der Waals surface area contributed by atoms with Gasteiger partial charge >= 0.3 is 0 Å². The lowest BCUT2D eigenvalue weighted by Gasteiger charge is -2.33. The van der Waals surface area contributed by atoms with E-state index < -0.39 is 0 Å². The van der Waals surface area contributed by atoms with E-state index >= 15 is 0 Å². The van der Waals surface area contributed by atoms with Crippen LogP contribution in [-0.4, -0.2) is 193 Å². The molecule has 0 spiro atoms. The monoisotopic (exact) mass is 1120 g/mol. The highest BCUT2D eigenvalue weighted by Gasteiger charge is 2.38. The number of nitrogens with zero attached hydrogens (tertiary/aromatic N) is 8. The summed E-state index contributed by atoms with van der Waals surface area (Å²) in [5.74, 6) is -0.0935. The summed E-state index contributed by atoms with van der Waals surface area (Å²) in [5, 5.41) is 0. The summed E-state index contributed by atoms with van der Waals surface area (Å²) >= 11 is 0. The average Bonchev–Trinajstić information content (AvgIpc) is 4.03. The fourth-order valence-corrected chi connectivity index (χ4v) is 11.4. The lowest BCUT2D eigenvalue weighted by molar-refractivity contribution is 0.0621. The number of amides is 6. The van der Waals surface area contributed by atoms with E-state index in [0.29, 0.717) is 186 Å². The lowest BCUT2D eigenvalue weighted by Crippen LogP contribution is -2.46. The smallest absolute Gasteiger partial charge is 0.261 e. The Kier molecular flexibility index (Phi) is 17.1. The Morgan fingerprint density at radius 1 is 0.313 bits per heavy atom. The van der Waals surface area contributed by atoms with Crippen LogP contribution in [0.25, 0.3) is 0 Å². The van der Waals surface area contributed by atoms with Crippen molar-refractivity contribution in [2.45, 2.75) is 19.6 Å². The van der Waals surface area contributed by atoms with Crippen LogP contribution in [-0.2, 0) is 19.6 Å². The number of benzene rings is 6. The number of nitrogens with two attached hydrogens (primary N) is 3. The highest BCUT2D eigenvalue weighted by Crippen LogP contribution is 2.29. The van der Waals surface area contributed by atoms with Gasteiger partial charge in [0.15, 0.2) is 0 Å². The highest BCUT2D eigenvalue weighted by atomic mass is 16.5. The third-order valence-corrected chi connectivity index (χ3v) is 16.0. The van der Waals surface area contributed by atoms with Crippen molar-refractivity contribution in [3.63, 3.8) is 0 Å². The molecule has 0 saturated carbocycles. The maximum absolute atomic E-state index is 13.8. The van der Waals surface area contributed by atoms with Crippen LogP contribution in [0.2, 0.25) is 0 Å². The molecular formula is C63H69N11O9. The van der Waals surface area contributed by atoms with Crippen molar-refractivity contribution in [1.82, 2.24) is 39.2 Å². The first-order valence-corrected chi connectivity index (χ1v) is 28.3. The molecule has 0 saturated heterocycles. The molecule has 20 heteroatoms. The summed E-state index contributed by atoms with van der Waals surface area (Å²) in [6, 6.07) is 38.4. The molecule has 0 unspecified atom stereocenters. The van der Waals surface area contributed by atoms with Crippen LogP contribution in [0.15, 0.2) is 127 Å². The number of anilines is 3. The molecule has 12 rings (SSSR count). The third-order valence-electron chi connectivity index (χ3n) is 16.0. The zero-order valence-electron chi connectivity index (χ0n) is 46.5. The predicted octanol–water partition coefficient (Wildman–Crippen LogP) is 4.90. The van der Waals surface area contributed by atoms with Gasteiger partial charge in [0.2, 0.25) is 0 Å². The lowest BCUT2D eigenvalue weighted by atomic mass is 10.1. The van der Waals surface area contributed by atoms with Gasteiger partial charge in [-0.05, 0) is 108 Å². The van der Waals surface area contributed by atoms with E-state index in [4.69, 9.17) is 31.4 Å². The van der Waals surface area contributed by atoms with Gasteiger partial charge in [0.25, 0.3) is 35.4 Å². The van der Waals surface area contributed by atoms with Crippen LogP contribution in [0, 0.1) is 0 Å². The highest BCUT2D eigenvalue weighted by molar-refractivity contribution is 6.23. The molecule has 6 aromatic rings. The van der Waals surface area contributed by atoms with Gasteiger partial charge in [0.05, 0.1) is 33.4 Å². The van der Waals surface area contributed by atoms with E-state index in [2.05, 4.69) is 24.5 Å². The molecule has 6 aliphatic heterocycles. The Morgan fingerprint density at radius 3 is 0.916 bits per heavy atom. The van der Waals surface area contributed by atoms with Gasteiger partial charge in [-0.1, -0.05) is 36.4 Å². The minimum Gasteiger partial charge on any atom is -0.492 e. The van der Waals surface area contributed by atoms with Crippen LogP contribution in [0.4, 0.5) is 17.1 Å². The van der Waals surface area contributed by atoms with Gasteiger partial charge in [-0.3, -0.25) is 68.0 Å². The largest absolute Gasteiger partial charge is 0.492 e. The Morgan fingerprint density at radius 2 is 0.602 bits per heavy atom. The van der Waals surface area contributed by atoms with Crippen molar-refractivity contribution >= 4 is 52.5 Å². The van der Waals surface area contributed by atoms with Crippen molar-refractivity contribution in [3.05, 3.63) is 177 Å². The molecule has 6 heterocycles. The molecule has 430 valence electrons. The number of fused-ring (bicyclic) bond motifs is 18. The zero-order valence-corrected chi connectivity index (χ0v) is 46.5. The molecule has 0 fully saturated rings. The van der Waals surface area contributed by atoms with E-state index in [1.165, 1.54) is 14.7 Å². The standard InChI is InChI=1S/C63H69N11O9/c64-46-10-13-52-55(37-46)61(78)72(58(52)75)25-22-69-19-16-67-17-20-70(23-26-73-59(76)53-14-11-47(65)38-56(53)62(73)79)41-44-5-2-8-50(35-44)82-32-29-68(28-31-81-49-7-1-4-43(34-49)40-69)30-33-83-51-9-3-6-45(36-51)42-71(21-18-67)24-27-74-60(77)54-15-12-48(66)39-57(54)63(74)80/h1-15,34-39H,16-33,40-42,64-66H2. The molecule has 0 radical (unpaired) electrons. The second-order valence-electron chi connectivity index (χ2n) is 21.7. The fourth-order valence-electron chi connectivity index (χ4n) is 11.4. The number of imide groups is 3. The maximum atomic E-state index is 13.8. The first-order chi connectivity index (χ1) is 40.3. The molecule has 0 aromatic heterocycles. The minimum absolute atomic E-state index is 0.139. The van der Waals surface area contributed by atoms with E-state index in [-0.39, 0.29) is 55.1 Å². The molecule has 6 aliphatic rings. The first-order valence-electron chi connectivity index (χ1n) is 28.3. The van der Waals surface area contributed by atoms with Crippen molar-refractivity contribution in [3.8, 4) is 17.2 Å². The normalized spacial score (nSPS) is 19.7. The number of hydrogen-bond acceptors (Lipinski definition) is 17. The minimum atomic E-state index is -0.382. The molecular weight excluding hydrogens is 1050 g/mol. The maximum Gasteiger partial charge on any atom is 0.261 e. The summed E-state index contributed by atoms with van der Waals surface area (Å²) < 4.78 is 19.3. The van der Waals surface area contributed by atoms with E-state index in [0.717, 1.165) is 16.7 Å². The zero-order chi connectivity index (χ0) is 57.6. The Balaban J connectivity index is 0.926. The number of carbonyl (C=O) groups excluding carboxylic acids is 6. The third kappa shape index (κ3) is 13.2. The Labute approximate surface area is 482 Å². The second-order valence-corrected chi connectivity index (χ2v) is 21.7. The molecule has 6 amide bonds. The quantitative estimate of drug-likeness (QED) is 0.129. The van der Waals surface area contributed by atoms with Gasteiger partial charge in [-0.2, -0.15) is 0 Å². The molecule has 0 atom stereocenters. The molecule has 8 bridgehead atoms. The van der Waals surface area contributed by atoms with Crippen LogP contribution in [0.1, 0.15) is 78.8 Å². The molecule has 6 aromatic carbocycles. The summed E-state index contributed by atoms with van der Waals surface area (Å²) in [7, 11) is 0. The topological polar surface area (TPSA) is 234 Å². The van der Waals surface area contributed by atoms with Crippen LogP contribution in [0.3, 0.4) is 0 Å². The summed E-state index contributed by atoms with van der Waals surface area (Å²) in [5.41, 5.74) is 24.3. The van der Waals surface area contributed by atoms with Gasteiger partial charge in [0.1, 0.15) is 37.1 Å². The van der Waals surface area contributed by atoms with Crippen LogP contribution in [0.5, 0.6) is 17.2 Å². The number of carbonyl (C=O) groups is 6. The van der Waals surface area contributed by atoms with Crippen LogP contribution >= 0.6 is 0 Å². The number of nitrogen functional groups attached to an aromatic ring is 3. The predicted molar refractivity (Wildman–Crippen MR) is 313 cm³/mol. The first kappa shape index (κ1) is 56.2. The Bertz CT molecular complexity index is 3090. The number of rotatable bonds is 9. The molecule has 0 aliphatic carbocycles. The van der Waals surface area contributed by atoms with Crippen molar-refractivity contribution < 1.29 is 43.0 Å². The van der Waals surface area contributed by atoms with Crippen molar-refractivity contribution in [2.24, 2.45) is 0 Å². The SMILES string of the molecule is Nc1ccc2c(c1)C(=O)N(CCN1CCN3CCN(CCN4C(=O)c5ccc(N)cc5C4=O)Cc4cccc(c4)OCCN(CCOc4cccc(c4)C1)CCOc1cccc(c1)CN(CCN1C(=O)c4ccc(N)cc4C1=O)CC3)C2=O.